The third-order valence-corrected chi connectivity index (χ3v) is 1.01. The SMILES string of the molecule is Cc1ccc(F)cc1.[OH]. The van der Waals surface area contributed by atoms with Crippen LogP contribution in [-0.4, -0.2) is 5.48 Å². The van der Waals surface area contributed by atoms with Gasteiger partial charge in [-0.1, -0.05) is 17.7 Å². The van der Waals surface area contributed by atoms with E-state index in [1.54, 1.807) is 12.1 Å². The molecule has 9 heavy (non-hydrogen) atoms. The summed E-state index contributed by atoms with van der Waals surface area (Å²) in [4.78, 5) is 0. The second-order valence-corrected chi connectivity index (χ2v) is 1.80. The van der Waals surface area contributed by atoms with Crippen molar-refractivity contribution in [3.63, 3.8) is 0 Å². The maximum atomic E-state index is 12.1. The summed E-state index contributed by atoms with van der Waals surface area (Å²) in [5, 5.41) is 0. The molecule has 1 aromatic carbocycles. The van der Waals surface area contributed by atoms with Crippen molar-refractivity contribution in [2.24, 2.45) is 0 Å². The average molecular weight is 127 g/mol. The predicted molar refractivity (Wildman–Crippen MR) is 33.1 cm³/mol. The highest BCUT2D eigenvalue weighted by molar-refractivity contribution is 5.13. The predicted octanol–water partition coefficient (Wildman–Crippen LogP) is 1.96. The summed E-state index contributed by atoms with van der Waals surface area (Å²) >= 11 is 0. The van der Waals surface area contributed by atoms with E-state index in [1.165, 1.54) is 12.1 Å². The highest BCUT2D eigenvalue weighted by Gasteiger charge is 1.83. The van der Waals surface area contributed by atoms with Crippen LogP contribution >= 0.6 is 0 Å². The van der Waals surface area contributed by atoms with E-state index in [9.17, 15) is 4.39 Å². The van der Waals surface area contributed by atoms with Gasteiger partial charge in [0.05, 0.1) is 0 Å². The Morgan fingerprint density at radius 2 is 1.56 bits per heavy atom. The molecule has 0 saturated carbocycles. The van der Waals surface area contributed by atoms with Gasteiger partial charge in [0, 0.05) is 0 Å². The molecule has 49 valence electrons. The molecule has 2 heteroatoms. The zero-order valence-corrected chi connectivity index (χ0v) is 5.13. The molecule has 0 bridgehead atoms. The molecule has 1 nitrogen and oxygen atoms in total. The minimum absolute atomic E-state index is 0. The van der Waals surface area contributed by atoms with Crippen molar-refractivity contribution in [1.29, 1.82) is 0 Å². The molecule has 0 unspecified atom stereocenters. The molecule has 0 atom stereocenters. The number of benzene rings is 1. The van der Waals surface area contributed by atoms with Gasteiger partial charge in [-0.15, -0.1) is 0 Å². The summed E-state index contributed by atoms with van der Waals surface area (Å²) in [6.07, 6.45) is 0. The molecule has 1 radical (unpaired) electrons. The van der Waals surface area contributed by atoms with Gasteiger partial charge in [-0.25, -0.2) is 4.39 Å². The van der Waals surface area contributed by atoms with E-state index in [0.717, 1.165) is 5.56 Å². The van der Waals surface area contributed by atoms with Crippen molar-refractivity contribution >= 4 is 0 Å². The lowest BCUT2D eigenvalue weighted by Crippen LogP contribution is -1.71. The molecule has 0 spiro atoms. The fraction of sp³-hybridized carbons (Fsp3) is 0.143. The fourth-order valence-electron chi connectivity index (χ4n) is 0.533. The quantitative estimate of drug-likeness (QED) is 0.552. The molecule has 0 fully saturated rings. The van der Waals surface area contributed by atoms with Crippen LogP contribution in [0.3, 0.4) is 0 Å². The lowest BCUT2D eigenvalue weighted by Gasteiger charge is -1.87. The number of rotatable bonds is 0. The van der Waals surface area contributed by atoms with Crippen LogP contribution in [0.25, 0.3) is 0 Å². The molecule has 0 amide bonds. The van der Waals surface area contributed by atoms with Crippen LogP contribution in [0.1, 0.15) is 5.56 Å². The summed E-state index contributed by atoms with van der Waals surface area (Å²) in [6.45, 7) is 1.93. The topological polar surface area (TPSA) is 30.0 Å². The molecule has 1 N–H and O–H groups in total. The van der Waals surface area contributed by atoms with E-state index in [-0.39, 0.29) is 11.3 Å². The highest BCUT2D eigenvalue weighted by atomic mass is 19.1. The number of hydrogen-bond donors (Lipinski definition) is 1. The smallest absolute Gasteiger partial charge is 0.123 e. The third kappa shape index (κ3) is 2.24. The Bertz CT molecular complexity index is 148. The van der Waals surface area contributed by atoms with Crippen LogP contribution in [0.15, 0.2) is 24.3 Å². The van der Waals surface area contributed by atoms with E-state index in [4.69, 9.17) is 0 Å². The van der Waals surface area contributed by atoms with Gasteiger partial charge in [0.2, 0.25) is 0 Å². The van der Waals surface area contributed by atoms with Crippen LogP contribution in [0.4, 0.5) is 4.39 Å². The Morgan fingerprint density at radius 1 is 1.11 bits per heavy atom. The molecule has 0 saturated heterocycles. The largest absolute Gasteiger partial charge is 0.255 e. The molecule has 0 heterocycles. The van der Waals surface area contributed by atoms with Crippen molar-refractivity contribution in [3.8, 4) is 0 Å². The standard InChI is InChI=1S/C7H7F.HO/c1-6-2-4-7(8)5-3-6;/h2-5H,1H3;1H. The van der Waals surface area contributed by atoms with E-state index in [1.807, 2.05) is 6.92 Å². The van der Waals surface area contributed by atoms with E-state index in [0.29, 0.717) is 0 Å². The number of hydrogen-bond acceptors (Lipinski definition) is 0. The molecular weight excluding hydrogens is 119 g/mol. The Kier molecular flexibility index (Phi) is 2.88. The van der Waals surface area contributed by atoms with Crippen molar-refractivity contribution in [3.05, 3.63) is 35.6 Å². The lowest BCUT2D eigenvalue weighted by molar-refractivity contribution is 0.627. The second-order valence-electron chi connectivity index (χ2n) is 1.80. The van der Waals surface area contributed by atoms with Gasteiger partial charge in [0.1, 0.15) is 5.82 Å². The maximum absolute atomic E-state index is 12.1. The van der Waals surface area contributed by atoms with Gasteiger partial charge < -0.3 is 0 Å². The van der Waals surface area contributed by atoms with Crippen molar-refractivity contribution in [2.45, 2.75) is 6.92 Å². The molecule has 1 aromatic rings. The van der Waals surface area contributed by atoms with Crippen molar-refractivity contribution in [1.82, 2.24) is 0 Å². The van der Waals surface area contributed by atoms with Crippen molar-refractivity contribution < 1.29 is 9.87 Å². The van der Waals surface area contributed by atoms with Gasteiger partial charge >= 0.3 is 0 Å². The van der Waals surface area contributed by atoms with Crippen LogP contribution in [-0.2, 0) is 0 Å². The Labute approximate surface area is 53.4 Å². The summed E-state index contributed by atoms with van der Waals surface area (Å²) in [7, 11) is 0. The highest BCUT2D eigenvalue weighted by Crippen LogP contribution is 1.98. The monoisotopic (exact) mass is 127 g/mol. The van der Waals surface area contributed by atoms with Gasteiger partial charge in [-0.3, -0.25) is 5.48 Å². The first-order valence-electron chi connectivity index (χ1n) is 2.51. The van der Waals surface area contributed by atoms with E-state index >= 15 is 0 Å². The van der Waals surface area contributed by atoms with Gasteiger partial charge in [-0.05, 0) is 19.1 Å². The van der Waals surface area contributed by atoms with Crippen LogP contribution < -0.4 is 0 Å². The molecule has 0 aromatic heterocycles. The maximum Gasteiger partial charge on any atom is 0.123 e. The molecule has 0 aliphatic heterocycles. The van der Waals surface area contributed by atoms with Crippen LogP contribution in [0.2, 0.25) is 0 Å². The second kappa shape index (κ2) is 3.20. The first kappa shape index (κ1) is 8.11. The normalized spacial score (nSPS) is 8.22. The zero-order chi connectivity index (χ0) is 5.98. The van der Waals surface area contributed by atoms with E-state index < -0.39 is 0 Å². The third-order valence-electron chi connectivity index (χ3n) is 1.01. The van der Waals surface area contributed by atoms with Crippen LogP contribution in [0, 0.1) is 12.7 Å². The number of halogens is 1. The molecule has 1 rings (SSSR count). The zero-order valence-electron chi connectivity index (χ0n) is 5.13. The first-order valence-corrected chi connectivity index (χ1v) is 2.51. The summed E-state index contributed by atoms with van der Waals surface area (Å²) in [6, 6.07) is 6.40. The van der Waals surface area contributed by atoms with Crippen LogP contribution in [0.5, 0.6) is 0 Å². The van der Waals surface area contributed by atoms with Gasteiger partial charge in [0.15, 0.2) is 0 Å². The molecule has 0 aliphatic carbocycles. The van der Waals surface area contributed by atoms with Crippen molar-refractivity contribution in [2.75, 3.05) is 0 Å². The Hall–Kier alpha value is -0.890. The Balaban J connectivity index is 0.000000640. The minimum Gasteiger partial charge on any atom is -0.255 e. The Morgan fingerprint density at radius 3 is 1.89 bits per heavy atom. The molecular formula is C7H8FO. The summed E-state index contributed by atoms with van der Waals surface area (Å²) in [5.74, 6) is -0.171. The van der Waals surface area contributed by atoms with Gasteiger partial charge in [-0.2, -0.15) is 0 Å². The summed E-state index contributed by atoms with van der Waals surface area (Å²) in [5.41, 5.74) is 1.09. The number of aryl methyl sites for hydroxylation is 1. The fourth-order valence-corrected chi connectivity index (χ4v) is 0.533. The van der Waals surface area contributed by atoms with E-state index in [2.05, 4.69) is 0 Å². The molecule has 0 aliphatic rings. The minimum atomic E-state index is -0.171. The van der Waals surface area contributed by atoms with Gasteiger partial charge in [0.25, 0.3) is 0 Å². The average Bonchev–Trinajstić information content (AvgIpc) is 1.77. The summed E-state index contributed by atoms with van der Waals surface area (Å²) < 4.78 is 12.1. The first-order chi connectivity index (χ1) is 3.79. The lowest BCUT2D eigenvalue weighted by atomic mass is 10.2.